The van der Waals surface area contributed by atoms with Gasteiger partial charge in [-0.2, -0.15) is 4.98 Å². The molecule has 9 nitrogen and oxygen atoms in total. The molecule has 36 heavy (non-hydrogen) atoms. The third-order valence-corrected chi connectivity index (χ3v) is 6.60. The largest absolute Gasteiger partial charge is 0.480 e. The molecule has 0 spiro atoms. The van der Waals surface area contributed by atoms with Gasteiger partial charge in [-0.1, -0.05) is 66.2 Å². The number of imidazole rings is 1. The summed E-state index contributed by atoms with van der Waals surface area (Å²) in [5, 5.41) is 9.33. The number of carboxylic acid groups (broad SMARTS) is 1. The average molecular weight is 508 g/mol. The highest BCUT2D eigenvalue weighted by Gasteiger charge is 2.50. The molecule has 10 heteroatoms. The number of pyridine rings is 1. The van der Waals surface area contributed by atoms with Crippen molar-refractivity contribution in [2.45, 2.75) is 24.4 Å². The number of H-pyrrole nitrogens is 1. The first kappa shape index (κ1) is 22.9. The molecule has 2 N–H and O–H groups in total. The Balaban J connectivity index is 1.19. The Hall–Kier alpha value is -3.50. The minimum absolute atomic E-state index is 0.242. The van der Waals surface area contributed by atoms with Gasteiger partial charge in [0.1, 0.15) is 24.9 Å². The van der Waals surface area contributed by atoms with E-state index in [9.17, 15) is 4.79 Å². The Morgan fingerprint density at radius 3 is 2.39 bits per heavy atom. The quantitative estimate of drug-likeness (QED) is 0.386. The van der Waals surface area contributed by atoms with E-state index < -0.39 is 30.9 Å². The number of fused-ring (bicyclic) bond motifs is 2. The molecule has 4 aromatic rings. The molecule has 2 saturated heterocycles. The van der Waals surface area contributed by atoms with Crippen molar-refractivity contribution in [3.05, 3.63) is 65.7 Å². The van der Waals surface area contributed by atoms with Crippen LogP contribution in [0.25, 0.3) is 33.5 Å². The lowest BCUT2D eigenvalue weighted by Gasteiger charge is -2.16. The predicted octanol–water partition coefficient (Wildman–Crippen LogP) is 3.96. The van der Waals surface area contributed by atoms with E-state index in [1.807, 2.05) is 42.5 Å². The van der Waals surface area contributed by atoms with E-state index in [-0.39, 0.29) is 25.3 Å². The van der Waals surface area contributed by atoms with Gasteiger partial charge in [0, 0.05) is 5.56 Å². The summed E-state index contributed by atoms with van der Waals surface area (Å²) in [6, 6.07) is 20.2. The number of carboxylic acids is 1. The topological polar surface area (TPSA) is 116 Å². The number of hydrogen-bond donors (Lipinski definition) is 2. The van der Waals surface area contributed by atoms with Crippen LogP contribution in [-0.4, -0.2) is 70.3 Å². The fraction of sp³-hybridized carbons (Fsp3) is 0.269. The Bertz CT molecular complexity index is 1390. The third-order valence-electron chi connectivity index (χ3n) is 6.32. The zero-order valence-corrected chi connectivity index (χ0v) is 19.7. The zero-order chi connectivity index (χ0) is 24.6. The van der Waals surface area contributed by atoms with Crippen molar-refractivity contribution in [2.24, 2.45) is 0 Å². The fourth-order valence-corrected chi connectivity index (χ4v) is 4.86. The maximum Gasteiger partial charge on any atom is 0.329 e. The summed E-state index contributed by atoms with van der Waals surface area (Å²) in [6.07, 6.45) is -1.65. The van der Waals surface area contributed by atoms with Gasteiger partial charge in [-0.25, -0.2) is 9.78 Å². The van der Waals surface area contributed by atoms with E-state index in [0.717, 1.165) is 16.7 Å². The molecule has 2 aliphatic heterocycles. The number of rotatable bonds is 7. The molecule has 2 aromatic heterocycles. The fourth-order valence-electron chi connectivity index (χ4n) is 4.60. The van der Waals surface area contributed by atoms with Crippen LogP contribution in [0.2, 0.25) is 5.02 Å². The molecule has 0 radical (unpaired) electrons. The van der Waals surface area contributed by atoms with Crippen LogP contribution < -0.4 is 4.74 Å². The zero-order valence-electron chi connectivity index (χ0n) is 19.0. The van der Waals surface area contributed by atoms with Crippen molar-refractivity contribution < 1.29 is 28.8 Å². The highest BCUT2D eigenvalue weighted by atomic mass is 35.5. The number of ether oxygens (including phenoxy) is 4. The maximum atomic E-state index is 10.8. The van der Waals surface area contributed by atoms with Crippen molar-refractivity contribution in [2.75, 3.05) is 19.8 Å². The van der Waals surface area contributed by atoms with Crippen molar-refractivity contribution in [1.29, 1.82) is 0 Å². The third kappa shape index (κ3) is 4.42. The van der Waals surface area contributed by atoms with Crippen LogP contribution in [0.5, 0.6) is 6.01 Å². The van der Waals surface area contributed by atoms with Crippen LogP contribution in [-0.2, 0) is 19.0 Å². The van der Waals surface area contributed by atoms with Gasteiger partial charge in [-0.05, 0) is 17.2 Å². The second kappa shape index (κ2) is 9.51. The summed E-state index contributed by atoms with van der Waals surface area (Å²) < 4.78 is 22.9. The number of halogens is 1. The van der Waals surface area contributed by atoms with Gasteiger partial charge in [-0.3, -0.25) is 0 Å². The summed E-state index contributed by atoms with van der Waals surface area (Å²) in [5.41, 5.74) is 4.87. The second-order valence-corrected chi connectivity index (χ2v) is 9.08. The Labute approximate surface area is 210 Å². The molecule has 0 bridgehead atoms. The standard InChI is InChI=1S/C26H22ClN3O6/c27-17-10-18-25(29-22(17)16-8-6-15(7-9-16)14-4-2-1-3-5-14)30-26(28-18)36-20-12-35-23-19(11-34-24(20)23)33-13-21(31)32/h1-10,19-20,23-24H,11-13H2,(H,31,32)(H,28,29,30)/t19-,20-,23?,24-/m1/s1. The van der Waals surface area contributed by atoms with E-state index in [2.05, 4.69) is 27.1 Å². The number of aromatic amines is 1. The molecule has 4 atom stereocenters. The molecule has 2 fully saturated rings. The smallest absolute Gasteiger partial charge is 0.329 e. The number of nitrogens with zero attached hydrogens (tertiary/aromatic N) is 2. The average Bonchev–Trinajstić information content (AvgIpc) is 3.59. The monoisotopic (exact) mass is 507 g/mol. The van der Waals surface area contributed by atoms with E-state index in [4.69, 9.17) is 35.7 Å². The summed E-state index contributed by atoms with van der Waals surface area (Å²) in [6.45, 7) is 0.109. The van der Waals surface area contributed by atoms with Gasteiger partial charge >= 0.3 is 5.97 Å². The lowest BCUT2D eigenvalue weighted by Crippen LogP contribution is -2.36. The number of carbonyl (C=O) groups is 1. The van der Waals surface area contributed by atoms with Crippen molar-refractivity contribution >= 4 is 28.7 Å². The minimum atomic E-state index is -1.04. The second-order valence-electron chi connectivity index (χ2n) is 8.67. The van der Waals surface area contributed by atoms with Gasteiger partial charge in [0.15, 0.2) is 11.8 Å². The highest BCUT2D eigenvalue weighted by Crippen LogP contribution is 2.33. The lowest BCUT2D eigenvalue weighted by molar-refractivity contribution is -0.146. The van der Waals surface area contributed by atoms with Crippen LogP contribution >= 0.6 is 11.6 Å². The van der Waals surface area contributed by atoms with Crippen LogP contribution in [0.1, 0.15) is 0 Å². The summed E-state index contributed by atoms with van der Waals surface area (Å²) in [5.74, 6) is -1.04. The summed E-state index contributed by atoms with van der Waals surface area (Å²) in [7, 11) is 0. The molecule has 0 amide bonds. The van der Waals surface area contributed by atoms with E-state index in [1.54, 1.807) is 6.07 Å². The molecule has 4 heterocycles. The highest BCUT2D eigenvalue weighted by molar-refractivity contribution is 6.33. The van der Waals surface area contributed by atoms with Crippen LogP contribution in [0, 0.1) is 0 Å². The predicted molar refractivity (Wildman–Crippen MR) is 131 cm³/mol. The first-order valence-electron chi connectivity index (χ1n) is 11.5. The minimum Gasteiger partial charge on any atom is -0.480 e. The van der Waals surface area contributed by atoms with Gasteiger partial charge in [0.2, 0.25) is 0 Å². The molecule has 6 rings (SSSR count). The first-order chi connectivity index (χ1) is 17.5. The SMILES string of the molecule is O=C(O)CO[C@@H]1CO[C@H]2C1OC[C@H]2Oc1nc2nc(-c3ccc(-c4ccccc4)cc3)c(Cl)cc2[nH]1. The molecule has 1 unspecified atom stereocenters. The molecule has 2 aromatic carbocycles. The van der Waals surface area contributed by atoms with E-state index in [1.165, 1.54) is 0 Å². The summed E-state index contributed by atoms with van der Waals surface area (Å²) in [4.78, 5) is 23.1. The van der Waals surface area contributed by atoms with E-state index >= 15 is 0 Å². The van der Waals surface area contributed by atoms with Gasteiger partial charge in [-0.15, -0.1) is 0 Å². The van der Waals surface area contributed by atoms with Crippen LogP contribution in [0.15, 0.2) is 60.7 Å². The number of aliphatic carboxylic acids is 1. The molecular weight excluding hydrogens is 486 g/mol. The molecular formula is C26H22ClN3O6. The molecule has 184 valence electrons. The van der Waals surface area contributed by atoms with Gasteiger partial charge in [0.05, 0.1) is 29.4 Å². The normalized spacial score (nSPS) is 23.1. The van der Waals surface area contributed by atoms with E-state index in [0.29, 0.717) is 21.9 Å². The Morgan fingerprint density at radius 2 is 1.64 bits per heavy atom. The maximum absolute atomic E-state index is 10.8. The van der Waals surface area contributed by atoms with Gasteiger partial charge in [0.25, 0.3) is 6.01 Å². The van der Waals surface area contributed by atoms with Crippen LogP contribution in [0.3, 0.4) is 0 Å². The Kier molecular flexibility index (Phi) is 6.06. The lowest BCUT2D eigenvalue weighted by atomic mass is 10.0. The molecule has 2 aliphatic rings. The number of nitrogens with one attached hydrogen (secondary N) is 1. The Morgan fingerprint density at radius 1 is 0.972 bits per heavy atom. The van der Waals surface area contributed by atoms with Crippen molar-refractivity contribution in [3.63, 3.8) is 0 Å². The summed E-state index contributed by atoms with van der Waals surface area (Å²) >= 11 is 6.57. The molecule has 0 aliphatic carbocycles. The van der Waals surface area contributed by atoms with Crippen LogP contribution in [0.4, 0.5) is 0 Å². The first-order valence-corrected chi connectivity index (χ1v) is 11.9. The number of hydrogen-bond acceptors (Lipinski definition) is 7. The van der Waals surface area contributed by atoms with Crippen molar-refractivity contribution in [3.8, 4) is 28.4 Å². The van der Waals surface area contributed by atoms with Gasteiger partial charge < -0.3 is 29.0 Å². The number of benzene rings is 2. The number of aromatic nitrogens is 3. The van der Waals surface area contributed by atoms with Crippen molar-refractivity contribution in [1.82, 2.24) is 15.0 Å². The molecule has 0 saturated carbocycles.